The molecule has 0 fully saturated rings. The summed E-state index contributed by atoms with van der Waals surface area (Å²) in [6.45, 7) is 0. The van der Waals surface area contributed by atoms with Crippen LogP contribution in [0.4, 0.5) is 0 Å². The van der Waals surface area contributed by atoms with Crippen LogP contribution in [0.1, 0.15) is 0 Å². The van der Waals surface area contributed by atoms with E-state index in [2.05, 4.69) is 11.1 Å². The fourth-order valence-corrected chi connectivity index (χ4v) is 1.07. The first-order valence-electron chi connectivity index (χ1n) is 3.85. The van der Waals surface area contributed by atoms with Gasteiger partial charge in [0.1, 0.15) is 0 Å². The smallest absolute Gasteiger partial charge is 0.813 e. The van der Waals surface area contributed by atoms with Crippen LogP contribution in [0.3, 0.4) is 0 Å². The average molecular weight is 413 g/mol. The van der Waals surface area contributed by atoms with Crippen molar-refractivity contribution in [1.29, 1.82) is 0 Å². The zero-order valence-electron chi connectivity index (χ0n) is 7.79. The first kappa shape index (κ1) is 17.1. The molecule has 1 aromatic heterocycles. The summed E-state index contributed by atoms with van der Waals surface area (Å²) in [4.78, 5) is 4.22. The van der Waals surface area contributed by atoms with E-state index in [4.69, 9.17) is 0 Å². The van der Waals surface area contributed by atoms with E-state index in [1.807, 2.05) is 42.5 Å². The Morgan fingerprint density at radius 3 is 2.20 bits per heavy atom. The minimum absolute atomic E-state index is 0. The molecule has 0 aliphatic heterocycles. The third kappa shape index (κ3) is 4.85. The van der Waals surface area contributed by atoms with Gasteiger partial charge in [-0.05, 0) is 11.8 Å². The molecule has 0 spiro atoms. The van der Waals surface area contributed by atoms with E-state index >= 15 is 0 Å². The Hall–Kier alpha value is -0.281. The van der Waals surface area contributed by atoms with E-state index < -0.39 is 0 Å². The maximum Gasteiger partial charge on any atom is 3.00 e. The molecule has 0 saturated heterocycles. The maximum atomic E-state index is 4.22. The predicted molar refractivity (Wildman–Crippen MR) is 66.0 cm³/mol. The van der Waals surface area contributed by atoms with Crippen molar-refractivity contribution >= 4 is 27.0 Å². The molecule has 2 aromatic rings. The van der Waals surface area contributed by atoms with Crippen LogP contribution in [-0.2, 0) is 47.1 Å². The number of hydrogen-bond acceptors (Lipinski definition) is 3. The molecule has 0 N–H and O–H groups in total. The van der Waals surface area contributed by atoms with E-state index in [1.165, 1.54) is 0 Å². The summed E-state index contributed by atoms with van der Waals surface area (Å²) >= 11 is 0. The van der Waals surface area contributed by atoms with Gasteiger partial charge in [0.2, 0.25) is 0 Å². The van der Waals surface area contributed by atoms with Crippen LogP contribution in [-0.4, -0.2) is 4.98 Å². The molecule has 0 aliphatic carbocycles. The third-order valence-electron chi connectivity index (χ3n) is 1.65. The number of nitrogens with zero attached hydrogens (tertiary/aromatic N) is 1. The molecular formula is C11H10IrNS2. The maximum absolute atomic E-state index is 4.22. The zero-order chi connectivity index (χ0) is 8.23. The number of thiol groups is 2. The molecule has 0 aliphatic rings. The van der Waals surface area contributed by atoms with Crippen LogP contribution in [0.25, 0.3) is 11.3 Å². The number of benzene rings is 1. The fraction of sp³-hybridized carbons (Fsp3) is 0. The average Bonchev–Trinajstić information content (AvgIpc) is 2.21. The van der Waals surface area contributed by atoms with Crippen molar-refractivity contribution in [2.45, 2.75) is 0 Å². The van der Waals surface area contributed by atoms with E-state index in [-0.39, 0.29) is 47.1 Å². The molecule has 0 radical (unpaired) electrons. The van der Waals surface area contributed by atoms with E-state index in [1.54, 1.807) is 6.20 Å². The van der Waals surface area contributed by atoms with Crippen LogP contribution in [0.15, 0.2) is 48.7 Å². The molecule has 2 rings (SSSR count). The monoisotopic (exact) mass is 413 g/mol. The summed E-state index contributed by atoms with van der Waals surface area (Å²) in [7, 11) is 0. The molecule has 4 heteroatoms. The van der Waals surface area contributed by atoms with Crippen LogP contribution >= 0.6 is 0 Å². The van der Waals surface area contributed by atoms with Crippen LogP contribution < -0.4 is 0 Å². The van der Waals surface area contributed by atoms with Crippen molar-refractivity contribution < 1.29 is 20.1 Å². The second kappa shape index (κ2) is 8.98. The van der Waals surface area contributed by atoms with Crippen molar-refractivity contribution in [2.24, 2.45) is 0 Å². The molecule has 80 valence electrons. The number of rotatable bonds is 1. The first-order valence-corrected chi connectivity index (χ1v) is 3.85. The summed E-state index contributed by atoms with van der Waals surface area (Å²) < 4.78 is 0. The van der Waals surface area contributed by atoms with Crippen molar-refractivity contribution in [2.75, 3.05) is 0 Å². The van der Waals surface area contributed by atoms with Gasteiger partial charge in [-0.3, -0.25) is 0 Å². The molecule has 1 heterocycles. The van der Waals surface area contributed by atoms with E-state index in [0.29, 0.717) is 0 Å². The number of aromatic nitrogens is 1. The Morgan fingerprint density at radius 2 is 1.67 bits per heavy atom. The Morgan fingerprint density at radius 1 is 0.933 bits per heavy atom. The van der Waals surface area contributed by atoms with Gasteiger partial charge in [0.25, 0.3) is 0 Å². The van der Waals surface area contributed by atoms with Crippen molar-refractivity contribution in [3.05, 3.63) is 54.7 Å². The van der Waals surface area contributed by atoms with Gasteiger partial charge in [0.15, 0.2) is 0 Å². The number of pyridine rings is 1. The molecule has 0 atom stereocenters. The molecule has 1 aromatic carbocycles. The second-order valence-corrected chi connectivity index (χ2v) is 2.49. The standard InChI is InChI=1S/C11H8N.Ir.2H2S/c1-2-6-10(7-3-1)11-8-4-5-9-12-11;;;/h1-6,8-9H;;2*1H2/q-1;+3;;/p-2. The summed E-state index contributed by atoms with van der Waals surface area (Å²) in [6.07, 6.45) is 1.79. The zero-order valence-corrected chi connectivity index (χ0v) is 12.0. The van der Waals surface area contributed by atoms with Crippen molar-refractivity contribution in [3.8, 4) is 11.3 Å². The molecular weight excluding hydrogens is 402 g/mol. The van der Waals surface area contributed by atoms with E-state index in [0.717, 1.165) is 11.3 Å². The Labute approximate surface area is 118 Å². The summed E-state index contributed by atoms with van der Waals surface area (Å²) in [5.41, 5.74) is 2.01. The molecule has 15 heavy (non-hydrogen) atoms. The normalized spacial score (nSPS) is 7.73. The van der Waals surface area contributed by atoms with Gasteiger partial charge < -0.3 is 32.0 Å². The predicted octanol–water partition coefficient (Wildman–Crippen LogP) is 2.01. The van der Waals surface area contributed by atoms with Gasteiger partial charge in [-0.25, -0.2) is 0 Å². The Bertz CT molecular complexity index is 316. The van der Waals surface area contributed by atoms with Gasteiger partial charge in [0, 0.05) is 6.20 Å². The molecule has 0 bridgehead atoms. The minimum atomic E-state index is 0. The van der Waals surface area contributed by atoms with Gasteiger partial charge >= 0.3 is 20.1 Å². The third-order valence-corrected chi connectivity index (χ3v) is 1.65. The second-order valence-electron chi connectivity index (χ2n) is 2.49. The molecule has 1 nitrogen and oxygen atoms in total. The van der Waals surface area contributed by atoms with Crippen LogP contribution in [0.2, 0.25) is 0 Å². The molecule has 0 unspecified atom stereocenters. The van der Waals surface area contributed by atoms with Gasteiger partial charge in [-0.15, -0.1) is 35.9 Å². The minimum Gasteiger partial charge on any atom is -0.813 e. The Kier molecular flexibility index (Phi) is 10.3. The van der Waals surface area contributed by atoms with Gasteiger partial charge in [-0.2, -0.15) is 0 Å². The SMILES string of the molecule is [Ir+3].[SH-].[SH-].[c-]1ccccc1-c1ccccn1. The molecule has 0 saturated carbocycles. The first-order chi connectivity index (χ1) is 5.97. The topological polar surface area (TPSA) is 12.9 Å². The summed E-state index contributed by atoms with van der Waals surface area (Å²) in [5.74, 6) is 0. The van der Waals surface area contributed by atoms with Crippen LogP contribution in [0.5, 0.6) is 0 Å². The summed E-state index contributed by atoms with van der Waals surface area (Å²) in [6, 6.07) is 16.8. The van der Waals surface area contributed by atoms with Gasteiger partial charge in [0.05, 0.1) is 0 Å². The van der Waals surface area contributed by atoms with Crippen LogP contribution in [0, 0.1) is 6.07 Å². The number of hydrogen-bond donors (Lipinski definition) is 0. The van der Waals surface area contributed by atoms with E-state index in [9.17, 15) is 0 Å². The molecule has 0 amide bonds. The Balaban J connectivity index is 0. The van der Waals surface area contributed by atoms with Gasteiger partial charge in [-0.1, -0.05) is 12.1 Å². The largest absolute Gasteiger partial charge is 3.00 e. The fourth-order valence-electron chi connectivity index (χ4n) is 1.07. The summed E-state index contributed by atoms with van der Waals surface area (Å²) in [5, 5.41) is 0. The quantitative estimate of drug-likeness (QED) is 0.404. The van der Waals surface area contributed by atoms with Crippen molar-refractivity contribution in [1.82, 2.24) is 4.98 Å². The van der Waals surface area contributed by atoms with Crippen molar-refractivity contribution in [3.63, 3.8) is 0 Å².